The molecule has 51 heavy (non-hydrogen) atoms. The normalized spacial score (nSPS) is 25.9. The minimum absolute atomic E-state index is 0.0383. The third-order valence-corrected chi connectivity index (χ3v) is 11.2. The molecule has 3 aliphatic rings. The fraction of sp³-hybridized carbons (Fsp3) is 0.500. The number of unbranched alkanes of at least 4 members (excludes halogenated alkanes) is 2. The lowest BCUT2D eigenvalue weighted by molar-refractivity contribution is -0.161. The number of rotatable bonds is 19. The fourth-order valence-corrected chi connectivity index (χ4v) is 8.90. The Balaban J connectivity index is 1.50. The number of ether oxygens (including phenoxy) is 2. The van der Waals surface area contributed by atoms with E-state index >= 15 is 0 Å². The molecule has 1 spiro atoms. The number of hydrogen-bond donors (Lipinski definition) is 2. The second-order valence-corrected chi connectivity index (χ2v) is 14.9. The highest BCUT2D eigenvalue weighted by Crippen LogP contribution is 2.61. The van der Waals surface area contributed by atoms with Gasteiger partial charge in [0.1, 0.15) is 17.7 Å². The maximum absolute atomic E-state index is 14.9. The van der Waals surface area contributed by atoms with Crippen LogP contribution in [0.25, 0.3) is 0 Å². The van der Waals surface area contributed by atoms with Gasteiger partial charge in [0.15, 0.2) is 0 Å². The molecule has 2 N–H and O–H groups in total. The van der Waals surface area contributed by atoms with Gasteiger partial charge in [-0.05, 0) is 36.8 Å². The molecule has 3 fully saturated rings. The maximum atomic E-state index is 14.9. The number of carbonyl (C=O) groups is 4. The molecule has 1 unspecified atom stereocenters. The summed E-state index contributed by atoms with van der Waals surface area (Å²) >= 11 is 3.75. The predicted octanol–water partition coefficient (Wildman–Crippen LogP) is 4.91. The van der Waals surface area contributed by atoms with Gasteiger partial charge in [0.05, 0.1) is 37.1 Å². The number of halogens is 1. The zero-order valence-electron chi connectivity index (χ0n) is 29.3. The number of likely N-dealkylation sites (tertiary alicyclic amines) is 1. The lowest BCUT2D eigenvalue weighted by Crippen LogP contribution is -2.59. The van der Waals surface area contributed by atoms with E-state index in [1.54, 1.807) is 17.1 Å². The second kappa shape index (κ2) is 17.6. The Kier molecular flexibility index (Phi) is 13.3. The van der Waals surface area contributed by atoms with Gasteiger partial charge in [-0.25, -0.2) is 0 Å². The average Bonchev–Trinajstić information content (AvgIpc) is 3.74. The van der Waals surface area contributed by atoms with Crippen molar-refractivity contribution in [1.82, 2.24) is 15.1 Å². The number of amides is 3. The van der Waals surface area contributed by atoms with Gasteiger partial charge in [-0.1, -0.05) is 109 Å². The third-order valence-electron chi connectivity index (χ3n) is 10.3. The SMILES string of the molecule is C=CCCC(=O)NC[C@H](OC(=O)[C@H]1[C@@H]2O[C@@]3(CC2Br)[C@@H]1C(=O)N([C@@H](CO)Cc1ccccc1)[C@@H]3C(=O)N(CC=C)CCCCC)c1ccccc1. The van der Waals surface area contributed by atoms with Gasteiger partial charge < -0.3 is 29.7 Å². The number of nitrogens with one attached hydrogen (secondary N) is 1. The molecular weight excluding hydrogens is 714 g/mol. The first kappa shape index (κ1) is 38.4. The molecule has 3 amide bonds. The molecule has 8 atom stereocenters. The molecule has 3 aliphatic heterocycles. The van der Waals surface area contributed by atoms with Gasteiger partial charge in [-0.15, -0.1) is 13.2 Å². The molecule has 11 heteroatoms. The molecule has 0 aliphatic carbocycles. The summed E-state index contributed by atoms with van der Waals surface area (Å²) < 4.78 is 12.9. The van der Waals surface area contributed by atoms with Crippen molar-refractivity contribution in [2.45, 2.75) is 86.6 Å². The summed E-state index contributed by atoms with van der Waals surface area (Å²) in [6.07, 6.45) is 5.88. The summed E-state index contributed by atoms with van der Waals surface area (Å²) in [7, 11) is 0. The van der Waals surface area contributed by atoms with Crippen LogP contribution in [-0.4, -0.2) is 93.5 Å². The largest absolute Gasteiger partial charge is 0.455 e. The Hall–Kier alpha value is -3.80. The zero-order chi connectivity index (χ0) is 36.5. The number of aliphatic hydroxyl groups is 1. The van der Waals surface area contributed by atoms with E-state index in [2.05, 4.69) is 41.3 Å². The van der Waals surface area contributed by atoms with Crippen molar-refractivity contribution in [3.8, 4) is 0 Å². The minimum atomic E-state index is -1.33. The summed E-state index contributed by atoms with van der Waals surface area (Å²) in [4.78, 5) is 59.5. The van der Waals surface area contributed by atoms with Crippen LogP contribution in [0.4, 0.5) is 0 Å². The van der Waals surface area contributed by atoms with E-state index in [1.807, 2.05) is 60.7 Å². The van der Waals surface area contributed by atoms with Gasteiger partial charge in [0, 0.05) is 24.3 Å². The van der Waals surface area contributed by atoms with Gasteiger partial charge in [-0.2, -0.15) is 0 Å². The van der Waals surface area contributed by atoms with Crippen LogP contribution in [-0.2, 0) is 35.1 Å². The smallest absolute Gasteiger partial charge is 0.313 e. The average molecular weight is 765 g/mol. The monoisotopic (exact) mass is 763 g/mol. The van der Waals surface area contributed by atoms with Crippen LogP contribution >= 0.6 is 15.9 Å². The van der Waals surface area contributed by atoms with E-state index < -0.39 is 53.6 Å². The van der Waals surface area contributed by atoms with E-state index in [4.69, 9.17) is 9.47 Å². The third kappa shape index (κ3) is 8.16. The quantitative estimate of drug-likeness (QED) is 0.0902. The summed E-state index contributed by atoms with van der Waals surface area (Å²) in [6, 6.07) is 16.8. The molecule has 0 radical (unpaired) electrons. The highest BCUT2D eigenvalue weighted by molar-refractivity contribution is 9.09. The molecule has 10 nitrogen and oxygen atoms in total. The number of nitrogens with zero attached hydrogens (tertiary/aromatic N) is 2. The summed E-state index contributed by atoms with van der Waals surface area (Å²) in [5.41, 5.74) is 0.259. The first-order chi connectivity index (χ1) is 24.7. The van der Waals surface area contributed by atoms with Crippen LogP contribution in [0.5, 0.6) is 0 Å². The first-order valence-electron chi connectivity index (χ1n) is 18.0. The highest BCUT2D eigenvalue weighted by Gasteiger charge is 2.77. The van der Waals surface area contributed by atoms with E-state index in [0.717, 1.165) is 24.8 Å². The molecule has 0 aromatic heterocycles. The Bertz CT molecular complexity index is 1540. The van der Waals surface area contributed by atoms with Crippen LogP contribution in [0, 0.1) is 11.8 Å². The molecule has 3 heterocycles. The zero-order valence-corrected chi connectivity index (χ0v) is 30.9. The van der Waals surface area contributed by atoms with Crippen molar-refractivity contribution in [2.75, 3.05) is 26.2 Å². The van der Waals surface area contributed by atoms with Crippen molar-refractivity contribution >= 4 is 39.6 Å². The summed E-state index contributed by atoms with van der Waals surface area (Å²) in [5.74, 6) is -3.57. The molecule has 5 rings (SSSR count). The standard InChI is InChI=1S/C40H50BrN3O7/c1-4-7-15-22-43(21-6-3)38(48)36-40-24-30(41)35(51-40)33(34(40)37(47)44(36)29(26-45)23-27-16-11-9-12-17-27)39(49)50-31(28-18-13-10-14-19-28)25-42-32(46)20-8-5-2/h5-6,9-14,16-19,29-31,33-36,45H,2-4,7-8,15,20-26H2,1H3,(H,42,46)/t29-,30?,31+,33-,34+,35-,36-,40+/m1/s1. The van der Waals surface area contributed by atoms with E-state index in [0.29, 0.717) is 31.4 Å². The summed E-state index contributed by atoms with van der Waals surface area (Å²) in [6.45, 7) is 10.1. The molecule has 2 aromatic carbocycles. The van der Waals surface area contributed by atoms with Crippen LogP contribution in [0.2, 0.25) is 0 Å². The van der Waals surface area contributed by atoms with Gasteiger partial charge in [0.2, 0.25) is 17.7 Å². The van der Waals surface area contributed by atoms with Crippen LogP contribution in [0.1, 0.15) is 62.7 Å². The Morgan fingerprint density at radius 3 is 2.47 bits per heavy atom. The van der Waals surface area contributed by atoms with Crippen molar-refractivity contribution in [1.29, 1.82) is 0 Å². The fourth-order valence-electron chi connectivity index (χ4n) is 7.96. The topological polar surface area (TPSA) is 125 Å². The van der Waals surface area contributed by atoms with Gasteiger partial charge in [0.25, 0.3) is 0 Å². The van der Waals surface area contributed by atoms with Crippen LogP contribution in [0.3, 0.4) is 0 Å². The van der Waals surface area contributed by atoms with E-state index in [1.165, 1.54) is 4.90 Å². The van der Waals surface area contributed by atoms with Crippen molar-refractivity contribution in [3.05, 3.63) is 97.1 Å². The number of hydrogen-bond acceptors (Lipinski definition) is 7. The number of alkyl halides is 1. The number of carbonyl (C=O) groups excluding carboxylic acids is 4. The molecular formula is C40H50BrN3O7. The molecule has 0 saturated carbocycles. The number of esters is 1. The molecule has 274 valence electrons. The highest BCUT2D eigenvalue weighted by atomic mass is 79.9. The number of fused-ring (bicyclic) bond motifs is 1. The summed E-state index contributed by atoms with van der Waals surface area (Å²) in [5, 5.41) is 13.7. The van der Waals surface area contributed by atoms with Gasteiger partial charge in [-0.3, -0.25) is 19.2 Å². The van der Waals surface area contributed by atoms with Crippen molar-refractivity contribution in [2.24, 2.45) is 11.8 Å². The lowest BCUT2D eigenvalue weighted by Gasteiger charge is -2.39. The molecule has 2 bridgehead atoms. The van der Waals surface area contributed by atoms with Gasteiger partial charge >= 0.3 is 5.97 Å². The van der Waals surface area contributed by atoms with Crippen LogP contribution in [0.15, 0.2) is 86.0 Å². The Morgan fingerprint density at radius 1 is 1.12 bits per heavy atom. The number of aliphatic hydroxyl groups excluding tert-OH is 1. The Morgan fingerprint density at radius 2 is 1.82 bits per heavy atom. The Labute approximate surface area is 309 Å². The van der Waals surface area contributed by atoms with Crippen molar-refractivity contribution in [3.63, 3.8) is 0 Å². The number of allylic oxidation sites excluding steroid dienone is 1. The first-order valence-corrected chi connectivity index (χ1v) is 18.9. The van der Waals surface area contributed by atoms with E-state index in [-0.39, 0.29) is 42.8 Å². The molecule has 3 saturated heterocycles. The predicted molar refractivity (Wildman–Crippen MR) is 198 cm³/mol. The lowest BCUT2D eigenvalue weighted by atomic mass is 9.70. The molecule has 2 aromatic rings. The number of benzene rings is 2. The maximum Gasteiger partial charge on any atom is 0.313 e. The second-order valence-electron chi connectivity index (χ2n) is 13.7. The van der Waals surface area contributed by atoms with E-state index in [9.17, 15) is 24.3 Å². The van der Waals surface area contributed by atoms with Crippen molar-refractivity contribution < 1.29 is 33.8 Å². The minimum Gasteiger partial charge on any atom is -0.455 e. The van der Waals surface area contributed by atoms with Crippen LogP contribution < -0.4 is 5.32 Å².